The molecular weight excluding hydrogens is 352 g/mol. The van der Waals surface area contributed by atoms with E-state index in [0.29, 0.717) is 16.5 Å². The van der Waals surface area contributed by atoms with Crippen LogP contribution in [0.3, 0.4) is 0 Å². The monoisotopic (exact) mass is 365 g/mol. The van der Waals surface area contributed by atoms with Crippen molar-refractivity contribution in [2.75, 3.05) is 29.5 Å². The molecule has 2 heterocycles. The van der Waals surface area contributed by atoms with Gasteiger partial charge in [0.2, 0.25) is 5.91 Å². The summed E-state index contributed by atoms with van der Waals surface area (Å²) < 4.78 is 27.0. The summed E-state index contributed by atoms with van der Waals surface area (Å²) >= 11 is 1.30. The first-order chi connectivity index (χ1) is 12.1. The molecule has 0 fully saturated rings. The Kier molecular flexibility index (Phi) is 5.08. The zero-order valence-corrected chi connectivity index (χ0v) is 13.6. The molecule has 2 aromatic rings. The van der Waals surface area contributed by atoms with Gasteiger partial charge in [-0.25, -0.2) is 18.7 Å². The fourth-order valence-corrected chi connectivity index (χ4v) is 2.95. The molecule has 1 aliphatic rings. The molecule has 0 unspecified atom stereocenters. The van der Waals surface area contributed by atoms with E-state index in [1.807, 2.05) is 0 Å². The number of hydrogen-bond donors (Lipinski definition) is 3. The maximum Gasteiger partial charge on any atom is 0.257 e. The number of aromatic nitrogens is 2. The van der Waals surface area contributed by atoms with Gasteiger partial charge < -0.3 is 16.0 Å². The maximum atomic E-state index is 13.5. The molecule has 2 amide bonds. The minimum atomic E-state index is -0.921. The lowest BCUT2D eigenvalue weighted by atomic mass is 10.2. The van der Waals surface area contributed by atoms with Gasteiger partial charge in [-0.3, -0.25) is 9.59 Å². The Morgan fingerprint density at radius 3 is 2.76 bits per heavy atom. The molecule has 0 aliphatic carbocycles. The molecule has 7 nitrogen and oxygen atoms in total. The molecule has 25 heavy (non-hydrogen) atoms. The van der Waals surface area contributed by atoms with Crippen LogP contribution in [0, 0.1) is 11.6 Å². The summed E-state index contributed by atoms with van der Waals surface area (Å²) in [5, 5.41) is 8.70. The van der Waals surface area contributed by atoms with Crippen LogP contribution in [0.5, 0.6) is 0 Å². The number of anilines is 2. The van der Waals surface area contributed by atoms with E-state index in [2.05, 4.69) is 25.9 Å². The van der Waals surface area contributed by atoms with Crippen LogP contribution in [-0.4, -0.2) is 40.6 Å². The minimum absolute atomic E-state index is 0.104. The normalized spacial score (nSPS) is 13.0. The first-order valence-electron chi connectivity index (χ1n) is 7.30. The number of hydrogen-bond acceptors (Lipinski definition) is 6. The minimum Gasteiger partial charge on any atom is -0.366 e. The van der Waals surface area contributed by atoms with Gasteiger partial charge in [-0.15, -0.1) is 0 Å². The molecule has 1 aromatic heterocycles. The lowest BCUT2D eigenvalue weighted by Gasteiger charge is -2.18. The van der Waals surface area contributed by atoms with E-state index < -0.39 is 23.1 Å². The van der Waals surface area contributed by atoms with Gasteiger partial charge in [0, 0.05) is 13.1 Å². The Morgan fingerprint density at radius 2 is 2.00 bits per heavy atom. The highest BCUT2D eigenvalue weighted by molar-refractivity contribution is 8.00. The molecule has 0 bridgehead atoms. The second-order valence-electron chi connectivity index (χ2n) is 5.02. The molecule has 10 heteroatoms. The van der Waals surface area contributed by atoms with Crippen LogP contribution in [0.2, 0.25) is 0 Å². The van der Waals surface area contributed by atoms with E-state index in [-0.39, 0.29) is 24.7 Å². The number of thioether (sulfide) groups is 1. The molecule has 0 spiro atoms. The number of fused-ring (bicyclic) bond motifs is 1. The highest BCUT2D eigenvalue weighted by Gasteiger charge is 2.20. The number of carbonyl (C=O) groups excluding carboxylic acids is 2. The standard InChI is InChI=1S/C15H13F2N5O2S/c16-8-2-1-3-9(17)11(8)14(24)19-5-4-18-13-12-15(21-7-20-13)25-6-10(23)22-12/h1-3,7H,4-6H2,(H,19,24)(H,22,23)(H,18,20,21). The predicted octanol–water partition coefficient (Wildman–Crippen LogP) is 1.64. The van der Waals surface area contributed by atoms with Crippen LogP contribution < -0.4 is 16.0 Å². The number of amides is 2. The Labute approximate surface area is 145 Å². The molecule has 0 saturated heterocycles. The van der Waals surface area contributed by atoms with Crippen LogP contribution in [0.4, 0.5) is 20.3 Å². The fourth-order valence-electron chi connectivity index (χ4n) is 2.20. The van der Waals surface area contributed by atoms with Crippen molar-refractivity contribution in [3.05, 3.63) is 41.7 Å². The van der Waals surface area contributed by atoms with E-state index in [4.69, 9.17) is 0 Å². The fraction of sp³-hybridized carbons (Fsp3) is 0.200. The molecule has 130 valence electrons. The quantitative estimate of drug-likeness (QED) is 0.551. The van der Waals surface area contributed by atoms with E-state index in [1.54, 1.807) is 0 Å². The number of carbonyl (C=O) groups is 2. The Balaban J connectivity index is 1.58. The van der Waals surface area contributed by atoms with Gasteiger partial charge >= 0.3 is 0 Å². The van der Waals surface area contributed by atoms with Gasteiger partial charge in [-0.2, -0.15) is 0 Å². The van der Waals surface area contributed by atoms with Crippen LogP contribution in [0.15, 0.2) is 29.6 Å². The van der Waals surface area contributed by atoms with Gasteiger partial charge in [0.25, 0.3) is 5.91 Å². The second-order valence-corrected chi connectivity index (χ2v) is 5.98. The second kappa shape index (κ2) is 7.43. The van der Waals surface area contributed by atoms with E-state index in [1.165, 1.54) is 24.2 Å². The summed E-state index contributed by atoms with van der Waals surface area (Å²) in [5.74, 6) is -2.14. The summed E-state index contributed by atoms with van der Waals surface area (Å²) in [4.78, 5) is 31.5. The topological polar surface area (TPSA) is 96.0 Å². The number of halogens is 2. The lowest BCUT2D eigenvalue weighted by Crippen LogP contribution is -2.30. The van der Waals surface area contributed by atoms with E-state index in [9.17, 15) is 18.4 Å². The molecule has 0 atom stereocenters. The predicted molar refractivity (Wildman–Crippen MR) is 88.6 cm³/mol. The average Bonchev–Trinajstić information content (AvgIpc) is 2.58. The van der Waals surface area contributed by atoms with Crippen molar-refractivity contribution in [3.8, 4) is 0 Å². The van der Waals surface area contributed by atoms with Crippen LogP contribution in [0.25, 0.3) is 0 Å². The average molecular weight is 365 g/mol. The van der Waals surface area contributed by atoms with Crippen molar-refractivity contribution in [1.29, 1.82) is 0 Å². The Bertz CT molecular complexity index is 813. The zero-order valence-electron chi connectivity index (χ0n) is 12.8. The number of nitrogens with zero attached hydrogens (tertiary/aromatic N) is 2. The molecule has 0 saturated carbocycles. The smallest absolute Gasteiger partial charge is 0.257 e. The third-order valence-electron chi connectivity index (χ3n) is 3.31. The molecule has 3 N–H and O–H groups in total. The lowest BCUT2D eigenvalue weighted by molar-refractivity contribution is -0.113. The maximum absolute atomic E-state index is 13.5. The first kappa shape index (κ1) is 17.1. The van der Waals surface area contributed by atoms with Crippen molar-refractivity contribution in [2.24, 2.45) is 0 Å². The SMILES string of the molecule is O=C1CSc2ncnc(NCCNC(=O)c3c(F)cccc3F)c2N1. The summed E-state index contributed by atoms with van der Waals surface area (Å²) in [6, 6.07) is 3.22. The van der Waals surface area contributed by atoms with E-state index >= 15 is 0 Å². The Morgan fingerprint density at radius 1 is 1.24 bits per heavy atom. The van der Waals surface area contributed by atoms with Gasteiger partial charge in [-0.1, -0.05) is 17.8 Å². The summed E-state index contributed by atoms with van der Waals surface area (Å²) in [7, 11) is 0. The third-order valence-corrected chi connectivity index (χ3v) is 4.30. The van der Waals surface area contributed by atoms with Gasteiger partial charge in [0.15, 0.2) is 5.82 Å². The summed E-state index contributed by atoms with van der Waals surface area (Å²) in [6.07, 6.45) is 1.36. The van der Waals surface area contributed by atoms with Gasteiger partial charge in [0.05, 0.1) is 5.75 Å². The van der Waals surface area contributed by atoms with Crippen molar-refractivity contribution in [3.63, 3.8) is 0 Å². The van der Waals surface area contributed by atoms with Crippen LogP contribution >= 0.6 is 11.8 Å². The molecule has 0 radical (unpaired) electrons. The molecule has 1 aromatic carbocycles. The van der Waals surface area contributed by atoms with Crippen LogP contribution in [0.1, 0.15) is 10.4 Å². The largest absolute Gasteiger partial charge is 0.366 e. The van der Waals surface area contributed by atoms with Crippen molar-refractivity contribution in [1.82, 2.24) is 15.3 Å². The third kappa shape index (κ3) is 3.85. The molecular formula is C15H13F2N5O2S. The summed E-state index contributed by atoms with van der Waals surface area (Å²) in [6.45, 7) is 0.346. The van der Waals surface area contributed by atoms with Crippen molar-refractivity contribution >= 4 is 35.1 Å². The highest BCUT2D eigenvalue weighted by atomic mass is 32.2. The summed E-state index contributed by atoms with van der Waals surface area (Å²) in [5.41, 5.74) is -0.138. The Hall–Kier alpha value is -2.75. The zero-order chi connectivity index (χ0) is 17.8. The molecule has 1 aliphatic heterocycles. The number of nitrogens with one attached hydrogen (secondary N) is 3. The van der Waals surface area contributed by atoms with Gasteiger partial charge in [-0.05, 0) is 12.1 Å². The van der Waals surface area contributed by atoms with Gasteiger partial charge in [0.1, 0.15) is 34.2 Å². The number of benzene rings is 1. The van der Waals surface area contributed by atoms with Crippen molar-refractivity contribution in [2.45, 2.75) is 5.03 Å². The molecule has 3 rings (SSSR count). The van der Waals surface area contributed by atoms with Crippen LogP contribution in [-0.2, 0) is 4.79 Å². The van der Waals surface area contributed by atoms with E-state index in [0.717, 1.165) is 12.1 Å². The van der Waals surface area contributed by atoms with Crippen molar-refractivity contribution < 1.29 is 18.4 Å². The highest BCUT2D eigenvalue weighted by Crippen LogP contribution is 2.33. The first-order valence-corrected chi connectivity index (χ1v) is 8.28. The number of rotatable bonds is 5.